The predicted octanol–water partition coefficient (Wildman–Crippen LogP) is 1.76. The predicted molar refractivity (Wildman–Crippen MR) is 112 cm³/mol. The summed E-state index contributed by atoms with van der Waals surface area (Å²) in [7, 11) is 3.50. The minimum atomic E-state index is 0. The second-order valence-electron chi connectivity index (χ2n) is 7.34. The zero-order valence-corrected chi connectivity index (χ0v) is 18.5. The van der Waals surface area contributed by atoms with Crippen LogP contribution in [-0.2, 0) is 4.79 Å². The van der Waals surface area contributed by atoms with Gasteiger partial charge >= 0.3 is 0 Å². The van der Waals surface area contributed by atoms with Crippen LogP contribution >= 0.6 is 24.0 Å². The van der Waals surface area contributed by atoms with Gasteiger partial charge in [0.05, 0.1) is 0 Å². The van der Waals surface area contributed by atoms with E-state index in [2.05, 4.69) is 41.3 Å². The summed E-state index contributed by atoms with van der Waals surface area (Å²) in [5, 5.41) is 6.60. The highest BCUT2D eigenvalue weighted by molar-refractivity contribution is 14.0. The molecule has 1 atom stereocenters. The summed E-state index contributed by atoms with van der Waals surface area (Å²) in [4.78, 5) is 20.2. The summed E-state index contributed by atoms with van der Waals surface area (Å²) in [5.41, 5.74) is 0.0659. The van der Waals surface area contributed by atoms with Crippen molar-refractivity contribution in [3.63, 3.8) is 0 Å². The van der Waals surface area contributed by atoms with Gasteiger partial charge in [-0.3, -0.25) is 9.69 Å². The molecule has 1 aliphatic rings. The van der Waals surface area contributed by atoms with Crippen LogP contribution in [0.1, 0.15) is 40.5 Å². The molecule has 0 aromatic carbocycles. The van der Waals surface area contributed by atoms with Crippen LogP contribution in [0.25, 0.3) is 0 Å². The summed E-state index contributed by atoms with van der Waals surface area (Å²) >= 11 is 0. The van der Waals surface area contributed by atoms with Gasteiger partial charge in [0.1, 0.15) is 6.54 Å². The molecule has 24 heavy (non-hydrogen) atoms. The van der Waals surface area contributed by atoms with Gasteiger partial charge in [-0.1, -0.05) is 6.92 Å². The quantitative estimate of drug-likeness (QED) is 0.366. The fourth-order valence-electron chi connectivity index (χ4n) is 2.78. The Morgan fingerprint density at radius 2 is 2.00 bits per heavy atom. The van der Waals surface area contributed by atoms with Crippen molar-refractivity contribution >= 4 is 35.8 Å². The number of rotatable bonds is 6. The molecule has 0 aromatic heterocycles. The summed E-state index contributed by atoms with van der Waals surface area (Å²) in [5.74, 6) is 1.48. The fourth-order valence-corrected chi connectivity index (χ4v) is 2.78. The van der Waals surface area contributed by atoms with Gasteiger partial charge in [-0.2, -0.15) is 0 Å². The number of likely N-dealkylation sites (N-methyl/N-ethyl adjacent to an activating group) is 1. The molecule has 0 radical (unpaired) electrons. The number of carbonyl (C=O) groups excluding carboxylic acids is 1. The number of aliphatic imine (C=N–C) groups is 1. The van der Waals surface area contributed by atoms with Crippen LogP contribution in [0.2, 0.25) is 0 Å². The van der Waals surface area contributed by atoms with Crippen LogP contribution in [0.15, 0.2) is 4.99 Å². The first-order valence-corrected chi connectivity index (χ1v) is 8.73. The summed E-state index contributed by atoms with van der Waals surface area (Å²) in [6, 6.07) is 0. The van der Waals surface area contributed by atoms with Gasteiger partial charge in [-0.15, -0.1) is 24.0 Å². The first-order valence-electron chi connectivity index (χ1n) is 8.73. The highest BCUT2D eigenvalue weighted by Gasteiger charge is 2.30. The minimum absolute atomic E-state index is 0. The Morgan fingerprint density at radius 1 is 1.33 bits per heavy atom. The minimum Gasteiger partial charge on any atom is -0.357 e. The lowest BCUT2D eigenvalue weighted by atomic mass is 9.93. The highest BCUT2D eigenvalue weighted by atomic mass is 127. The lowest BCUT2D eigenvalue weighted by Gasteiger charge is -2.43. The average molecular weight is 453 g/mol. The first kappa shape index (κ1) is 23.4. The van der Waals surface area contributed by atoms with Gasteiger partial charge in [-0.25, -0.2) is 4.99 Å². The topological polar surface area (TPSA) is 60.0 Å². The van der Waals surface area contributed by atoms with Crippen molar-refractivity contribution in [2.45, 2.75) is 46.1 Å². The monoisotopic (exact) mass is 453 g/mol. The Balaban J connectivity index is 0.00000529. The third-order valence-electron chi connectivity index (χ3n) is 4.42. The Bertz CT molecular complexity index is 412. The highest BCUT2D eigenvalue weighted by Crippen LogP contribution is 2.23. The van der Waals surface area contributed by atoms with E-state index >= 15 is 0 Å². The molecular formula is C17H36IN5O. The standard InChI is InChI=1S/C17H35N5O.HI/c1-7-18-16(19-11-15(23)21(5)6)20-13-17(3,4)22-10-8-9-14(2)12-22;/h14H,7-13H2,1-6H3,(H2,18,19,20);1H. The Hall–Kier alpha value is -0.570. The third-order valence-corrected chi connectivity index (χ3v) is 4.42. The van der Waals surface area contributed by atoms with E-state index in [1.807, 2.05) is 6.92 Å². The van der Waals surface area contributed by atoms with Gasteiger partial charge in [-0.05, 0) is 46.1 Å². The van der Waals surface area contributed by atoms with Crippen molar-refractivity contribution in [2.24, 2.45) is 10.9 Å². The van der Waals surface area contributed by atoms with E-state index in [-0.39, 0.29) is 42.0 Å². The number of guanidine groups is 1. The van der Waals surface area contributed by atoms with Crippen LogP contribution in [0, 0.1) is 5.92 Å². The Morgan fingerprint density at radius 3 is 2.54 bits per heavy atom. The van der Waals surface area contributed by atoms with Crippen LogP contribution in [0.4, 0.5) is 0 Å². The van der Waals surface area contributed by atoms with Crippen molar-refractivity contribution in [2.75, 3.05) is 46.8 Å². The molecule has 1 aliphatic heterocycles. The molecule has 2 N–H and O–H groups in total. The zero-order chi connectivity index (χ0) is 17.5. The lowest BCUT2D eigenvalue weighted by molar-refractivity contribution is -0.127. The number of nitrogens with one attached hydrogen (secondary N) is 2. The summed E-state index contributed by atoms with van der Waals surface area (Å²) in [6.45, 7) is 13.0. The second-order valence-corrected chi connectivity index (χ2v) is 7.34. The van der Waals surface area contributed by atoms with E-state index in [0.29, 0.717) is 5.96 Å². The first-order chi connectivity index (χ1) is 10.8. The van der Waals surface area contributed by atoms with Gasteiger partial charge < -0.3 is 15.5 Å². The molecule has 1 saturated heterocycles. The molecule has 1 fully saturated rings. The van der Waals surface area contributed by atoms with Gasteiger partial charge in [0.15, 0.2) is 5.96 Å². The van der Waals surface area contributed by atoms with E-state index in [1.165, 1.54) is 12.8 Å². The molecule has 0 saturated carbocycles. The van der Waals surface area contributed by atoms with Crippen LogP contribution in [0.3, 0.4) is 0 Å². The molecule has 0 bridgehead atoms. The largest absolute Gasteiger partial charge is 0.357 e. The molecule has 0 aliphatic carbocycles. The van der Waals surface area contributed by atoms with E-state index in [4.69, 9.17) is 0 Å². The van der Waals surface area contributed by atoms with E-state index < -0.39 is 0 Å². The maximum absolute atomic E-state index is 11.7. The van der Waals surface area contributed by atoms with Crippen molar-refractivity contribution in [3.8, 4) is 0 Å². The van der Waals surface area contributed by atoms with Gasteiger partial charge in [0.2, 0.25) is 5.91 Å². The van der Waals surface area contributed by atoms with Crippen LogP contribution in [-0.4, -0.2) is 74.0 Å². The molecule has 142 valence electrons. The number of amides is 1. The molecule has 0 aromatic rings. The van der Waals surface area contributed by atoms with Crippen molar-refractivity contribution in [1.29, 1.82) is 0 Å². The molecule has 1 amide bonds. The molecule has 0 spiro atoms. The maximum Gasteiger partial charge on any atom is 0.243 e. The van der Waals surface area contributed by atoms with E-state index in [9.17, 15) is 4.79 Å². The molecule has 7 heteroatoms. The zero-order valence-electron chi connectivity index (χ0n) is 16.2. The smallest absolute Gasteiger partial charge is 0.243 e. The van der Waals surface area contributed by atoms with E-state index in [1.54, 1.807) is 19.0 Å². The molecule has 1 heterocycles. The van der Waals surface area contributed by atoms with Crippen molar-refractivity contribution in [3.05, 3.63) is 0 Å². The maximum atomic E-state index is 11.7. The summed E-state index contributed by atoms with van der Waals surface area (Å²) in [6.07, 6.45) is 2.60. The van der Waals surface area contributed by atoms with Crippen molar-refractivity contribution < 1.29 is 4.79 Å². The number of likely N-dealkylation sites (tertiary alicyclic amines) is 1. The molecular weight excluding hydrogens is 417 g/mol. The van der Waals surface area contributed by atoms with Crippen LogP contribution < -0.4 is 10.6 Å². The van der Waals surface area contributed by atoms with Gasteiger partial charge in [0, 0.05) is 39.3 Å². The number of halogens is 1. The fraction of sp³-hybridized carbons (Fsp3) is 0.882. The third kappa shape index (κ3) is 8.00. The normalized spacial score (nSPS) is 19.4. The number of nitrogens with zero attached hydrogens (tertiary/aromatic N) is 3. The number of carbonyl (C=O) groups is 1. The molecule has 1 rings (SSSR count). The summed E-state index contributed by atoms with van der Waals surface area (Å²) < 4.78 is 0. The number of hydrogen-bond donors (Lipinski definition) is 2. The second kappa shape index (κ2) is 11.1. The van der Waals surface area contributed by atoms with Gasteiger partial charge in [0.25, 0.3) is 0 Å². The molecule has 1 unspecified atom stereocenters. The Kier molecular flexibility index (Phi) is 10.9. The lowest BCUT2D eigenvalue weighted by Crippen LogP contribution is -2.56. The van der Waals surface area contributed by atoms with E-state index in [0.717, 1.165) is 32.1 Å². The van der Waals surface area contributed by atoms with Crippen LogP contribution in [0.5, 0.6) is 0 Å². The average Bonchev–Trinajstić information content (AvgIpc) is 2.49. The number of piperidine rings is 1. The molecule has 6 nitrogen and oxygen atoms in total. The number of hydrogen-bond acceptors (Lipinski definition) is 3. The SMILES string of the molecule is CCNC(=NCC(=O)N(C)C)NCC(C)(C)N1CCCC(C)C1.I. The van der Waals surface area contributed by atoms with Crippen molar-refractivity contribution in [1.82, 2.24) is 20.4 Å². The Labute approximate surface area is 164 Å².